The highest BCUT2D eigenvalue weighted by Gasteiger charge is 2.41. The highest BCUT2D eigenvalue weighted by molar-refractivity contribution is 5.89. The number of nitrogens with zero attached hydrogens (tertiary/aromatic N) is 1. The lowest BCUT2D eigenvalue weighted by atomic mass is 9.93. The van der Waals surface area contributed by atoms with Crippen molar-refractivity contribution in [2.75, 3.05) is 18.4 Å². The smallest absolute Gasteiger partial charge is 0.321 e. The van der Waals surface area contributed by atoms with Crippen molar-refractivity contribution in [1.29, 1.82) is 0 Å². The summed E-state index contributed by atoms with van der Waals surface area (Å²) in [4.78, 5) is 13.0. The number of alkyl halides is 2. The lowest BCUT2D eigenvalue weighted by Gasteiger charge is -2.38. The maximum absolute atomic E-state index is 12.8. The second kappa shape index (κ2) is 6.15. The lowest BCUT2D eigenvalue weighted by molar-refractivity contribution is -0.106. The first-order chi connectivity index (χ1) is 9.49. The van der Waals surface area contributed by atoms with Gasteiger partial charge in [0.05, 0.1) is 24.7 Å². The second-order valence-electron chi connectivity index (χ2n) is 4.76. The Hall–Kier alpha value is -1.73. The largest absolute Gasteiger partial charge is 0.390 e. The molecule has 1 aliphatic heterocycles. The topological polar surface area (TPSA) is 72.8 Å². The third-order valence-electron chi connectivity index (χ3n) is 3.31. The van der Waals surface area contributed by atoms with Crippen molar-refractivity contribution < 1.29 is 23.8 Å². The molecular weight excluding hydrogens is 270 g/mol. The van der Waals surface area contributed by atoms with Crippen LogP contribution in [0.3, 0.4) is 0 Å². The molecular formula is C13H16F2N2O3. The highest BCUT2D eigenvalue weighted by Crippen LogP contribution is 2.24. The molecule has 0 aliphatic carbocycles. The standard InChI is InChI=1S/C13H16F2N2O3/c14-12(15)9-6-17(7-10(18)11(9)19)13(20)16-8-4-2-1-3-5-8/h1-5,9-12,18-19H,6-7H2,(H,16,20)/t9?,10-,11-/m1/s1. The van der Waals surface area contributed by atoms with Crippen LogP contribution in [0.1, 0.15) is 0 Å². The lowest BCUT2D eigenvalue weighted by Crippen LogP contribution is -2.56. The minimum Gasteiger partial charge on any atom is -0.390 e. The molecule has 1 aromatic carbocycles. The molecule has 1 fully saturated rings. The molecule has 1 saturated heterocycles. The number of hydrogen-bond acceptors (Lipinski definition) is 3. The number of anilines is 1. The van der Waals surface area contributed by atoms with Gasteiger partial charge < -0.3 is 20.4 Å². The molecule has 110 valence electrons. The van der Waals surface area contributed by atoms with Crippen LogP contribution >= 0.6 is 0 Å². The number of carbonyl (C=O) groups is 1. The van der Waals surface area contributed by atoms with Gasteiger partial charge in [-0.05, 0) is 12.1 Å². The second-order valence-corrected chi connectivity index (χ2v) is 4.76. The number of rotatable bonds is 2. The number of β-amino-alcohol motifs (C(OH)–C–C–N with tert-alkyl or cyclic N) is 1. The average Bonchev–Trinajstić information content (AvgIpc) is 2.42. The van der Waals surface area contributed by atoms with E-state index < -0.39 is 30.6 Å². The summed E-state index contributed by atoms with van der Waals surface area (Å²) in [7, 11) is 0. The Balaban J connectivity index is 2.03. The summed E-state index contributed by atoms with van der Waals surface area (Å²) in [5.74, 6) is -1.44. The number of amides is 2. The van der Waals surface area contributed by atoms with E-state index in [1.807, 2.05) is 0 Å². The van der Waals surface area contributed by atoms with Crippen LogP contribution in [-0.4, -0.2) is 52.9 Å². The zero-order valence-corrected chi connectivity index (χ0v) is 10.6. The predicted molar refractivity (Wildman–Crippen MR) is 68.5 cm³/mol. The molecule has 20 heavy (non-hydrogen) atoms. The van der Waals surface area contributed by atoms with Gasteiger partial charge in [0.25, 0.3) is 0 Å². The number of hydrogen-bond donors (Lipinski definition) is 3. The molecule has 0 spiro atoms. The van der Waals surface area contributed by atoms with E-state index in [9.17, 15) is 23.8 Å². The number of carbonyl (C=O) groups excluding carboxylic acids is 1. The summed E-state index contributed by atoms with van der Waals surface area (Å²) in [5, 5.41) is 21.6. The quantitative estimate of drug-likeness (QED) is 0.763. The molecule has 1 aliphatic rings. The molecule has 2 rings (SSSR count). The summed E-state index contributed by atoms with van der Waals surface area (Å²) >= 11 is 0. The molecule has 7 heteroatoms. The number of piperidine rings is 1. The highest BCUT2D eigenvalue weighted by atomic mass is 19.3. The number of aliphatic hydroxyl groups excluding tert-OH is 2. The van der Waals surface area contributed by atoms with Crippen molar-refractivity contribution in [3.63, 3.8) is 0 Å². The van der Waals surface area contributed by atoms with Gasteiger partial charge in [0, 0.05) is 12.2 Å². The number of likely N-dealkylation sites (tertiary alicyclic amines) is 1. The van der Waals surface area contributed by atoms with E-state index in [0.717, 1.165) is 4.90 Å². The first-order valence-electron chi connectivity index (χ1n) is 6.24. The van der Waals surface area contributed by atoms with E-state index in [1.54, 1.807) is 30.3 Å². The van der Waals surface area contributed by atoms with Crippen LogP contribution in [-0.2, 0) is 0 Å². The molecule has 3 N–H and O–H groups in total. The van der Waals surface area contributed by atoms with Crippen LogP contribution in [0, 0.1) is 5.92 Å². The summed E-state index contributed by atoms with van der Waals surface area (Å²) in [6, 6.07) is 7.99. The van der Waals surface area contributed by atoms with Gasteiger partial charge in [0.2, 0.25) is 6.43 Å². The van der Waals surface area contributed by atoms with Crippen molar-refractivity contribution in [3.05, 3.63) is 30.3 Å². The van der Waals surface area contributed by atoms with Crippen molar-refractivity contribution in [1.82, 2.24) is 4.90 Å². The van der Waals surface area contributed by atoms with Gasteiger partial charge in [-0.2, -0.15) is 0 Å². The van der Waals surface area contributed by atoms with Crippen LogP contribution < -0.4 is 5.32 Å². The summed E-state index contributed by atoms with van der Waals surface area (Å²) in [5.41, 5.74) is 0.534. The zero-order valence-electron chi connectivity index (χ0n) is 10.6. The van der Waals surface area contributed by atoms with E-state index in [0.29, 0.717) is 5.69 Å². The number of benzene rings is 1. The SMILES string of the molecule is O=C(Nc1ccccc1)N1CC(C(F)F)[C@@H](O)[C@H](O)C1. The Morgan fingerprint density at radius 1 is 1.25 bits per heavy atom. The van der Waals surface area contributed by atoms with Gasteiger partial charge in [-0.15, -0.1) is 0 Å². The van der Waals surface area contributed by atoms with E-state index in [-0.39, 0.29) is 13.1 Å². The molecule has 5 nitrogen and oxygen atoms in total. The Kier molecular flexibility index (Phi) is 4.51. The fraction of sp³-hybridized carbons (Fsp3) is 0.462. The van der Waals surface area contributed by atoms with Gasteiger partial charge in [0.15, 0.2) is 0 Å². The Morgan fingerprint density at radius 2 is 1.90 bits per heavy atom. The maximum atomic E-state index is 12.8. The third kappa shape index (κ3) is 3.23. The molecule has 0 bridgehead atoms. The molecule has 0 aromatic heterocycles. The molecule has 0 radical (unpaired) electrons. The molecule has 2 amide bonds. The normalized spacial score (nSPS) is 26.6. The molecule has 3 atom stereocenters. The summed E-state index contributed by atoms with van der Waals surface area (Å²) in [6.07, 6.45) is -5.69. The molecule has 1 heterocycles. The molecule has 0 saturated carbocycles. The summed E-state index contributed by atoms with van der Waals surface area (Å²) < 4.78 is 25.6. The predicted octanol–water partition coefficient (Wildman–Crippen LogP) is 1.14. The van der Waals surface area contributed by atoms with Crippen LogP contribution in [0.5, 0.6) is 0 Å². The fourth-order valence-electron chi connectivity index (χ4n) is 2.17. The summed E-state index contributed by atoms with van der Waals surface area (Å²) in [6.45, 7) is -0.475. The van der Waals surface area contributed by atoms with E-state index >= 15 is 0 Å². The Labute approximate surface area is 114 Å². The van der Waals surface area contributed by atoms with Crippen molar-refractivity contribution in [3.8, 4) is 0 Å². The van der Waals surface area contributed by atoms with E-state index in [4.69, 9.17) is 0 Å². The number of para-hydroxylation sites is 1. The van der Waals surface area contributed by atoms with Crippen molar-refractivity contribution in [2.45, 2.75) is 18.6 Å². The first kappa shape index (κ1) is 14.7. The van der Waals surface area contributed by atoms with Crippen LogP contribution in [0.2, 0.25) is 0 Å². The van der Waals surface area contributed by atoms with Crippen LogP contribution in [0.4, 0.5) is 19.3 Å². The van der Waals surface area contributed by atoms with Gasteiger partial charge in [-0.3, -0.25) is 0 Å². The Morgan fingerprint density at radius 3 is 2.50 bits per heavy atom. The van der Waals surface area contributed by atoms with Crippen molar-refractivity contribution in [2.24, 2.45) is 5.92 Å². The number of halogens is 2. The minimum atomic E-state index is -2.80. The number of nitrogens with one attached hydrogen (secondary N) is 1. The van der Waals surface area contributed by atoms with E-state index in [2.05, 4.69) is 5.32 Å². The van der Waals surface area contributed by atoms with E-state index in [1.165, 1.54) is 0 Å². The van der Waals surface area contributed by atoms with Gasteiger partial charge in [0.1, 0.15) is 0 Å². The molecule has 1 unspecified atom stereocenters. The Bertz CT molecular complexity index is 458. The fourth-order valence-corrected chi connectivity index (χ4v) is 2.17. The van der Waals surface area contributed by atoms with Gasteiger partial charge in [-0.25, -0.2) is 13.6 Å². The molecule has 1 aromatic rings. The third-order valence-corrected chi connectivity index (χ3v) is 3.31. The first-order valence-corrected chi connectivity index (χ1v) is 6.24. The number of aliphatic hydroxyl groups is 2. The minimum absolute atomic E-state index is 0.178. The zero-order chi connectivity index (χ0) is 14.7. The average molecular weight is 286 g/mol. The van der Waals surface area contributed by atoms with Crippen LogP contribution in [0.25, 0.3) is 0 Å². The van der Waals surface area contributed by atoms with Gasteiger partial charge >= 0.3 is 6.03 Å². The van der Waals surface area contributed by atoms with Crippen LogP contribution in [0.15, 0.2) is 30.3 Å². The monoisotopic (exact) mass is 286 g/mol. The van der Waals surface area contributed by atoms with Gasteiger partial charge in [-0.1, -0.05) is 18.2 Å². The van der Waals surface area contributed by atoms with Crippen molar-refractivity contribution >= 4 is 11.7 Å². The maximum Gasteiger partial charge on any atom is 0.321 e. The number of urea groups is 1.